The van der Waals surface area contributed by atoms with Gasteiger partial charge in [-0.2, -0.15) is 5.10 Å². The van der Waals surface area contributed by atoms with E-state index < -0.39 is 0 Å². The highest BCUT2D eigenvalue weighted by molar-refractivity contribution is 7.22. The lowest BCUT2D eigenvalue weighted by atomic mass is 9.93. The number of hydrogen-bond acceptors (Lipinski definition) is 6. The summed E-state index contributed by atoms with van der Waals surface area (Å²) in [5.74, 6) is 0.491. The summed E-state index contributed by atoms with van der Waals surface area (Å²) < 4.78 is 2.98. The Morgan fingerprint density at radius 1 is 0.667 bits per heavy atom. The average Bonchev–Trinajstić information content (AvgIpc) is 3.33. The van der Waals surface area contributed by atoms with E-state index in [1.165, 1.54) is 54.8 Å². The molecule has 0 spiro atoms. The first-order valence-electron chi connectivity index (χ1n) is 11.2. The van der Waals surface area contributed by atoms with Gasteiger partial charge in [-0.25, -0.2) is 9.67 Å². The van der Waals surface area contributed by atoms with Crippen molar-refractivity contribution in [1.29, 1.82) is 0 Å². The van der Waals surface area contributed by atoms with E-state index in [0.717, 1.165) is 16.9 Å². The van der Waals surface area contributed by atoms with Crippen LogP contribution < -0.4 is 5.73 Å². The molecule has 0 atom stereocenters. The van der Waals surface area contributed by atoms with E-state index in [2.05, 4.69) is 72.5 Å². The molecule has 0 saturated carbocycles. The van der Waals surface area contributed by atoms with Crippen LogP contribution in [0.25, 0.3) is 15.9 Å². The first kappa shape index (κ1) is 23.1. The Labute approximate surface area is 199 Å². The molecular formula is C26H32N6S. The molecule has 33 heavy (non-hydrogen) atoms. The number of azo groups is 1. The molecule has 4 rings (SSSR count). The molecule has 0 amide bonds. The summed E-state index contributed by atoms with van der Waals surface area (Å²) in [6.45, 7) is 21.2. The van der Waals surface area contributed by atoms with Gasteiger partial charge in [0.25, 0.3) is 0 Å². The minimum atomic E-state index is 0.491. The van der Waals surface area contributed by atoms with Crippen molar-refractivity contribution in [2.24, 2.45) is 10.2 Å². The molecule has 2 heterocycles. The van der Waals surface area contributed by atoms with Gasteiger partial charge >= 0.3 is 0 Å². The largest absolute Gasteiger partial charge is 0.382 e. The minimum absolute atomic E-state index is 0.491. The number of nitrogens with two attached hydrogens (primary N) is 1. The number of benzene rings is 2. The average molecular weight is 461 g/mol. The van der Waals surface area contributed by atoms with Gasteiger partial charge in [0, 0.05) is 0 Å². The smallest absolute Gasteiger partial charge is 0.231 e. The first-order valence-corrected chi connectivity index (χ1v) is 12.0. The van der Waals surface area contributed by atoms with Crippen molar-refractivity contribution in [3.05, 3.63) is 55.8 Å². The van der Waals surface area contributed by atoms with Crippen LogP contribution in [0.15, 0.2) is 10.2 Å². The van der Waals surface area contributed by atoms with Crippen molar-refractivity contribution in [1.82, 2.24) is 14.8 Å². The lowest BCUT2D eigenvalue weighted by molar-refractivity contribution is 0.851. The predicted octanol–water partition coefficient (Wildman–Crippen LogP) is 7.56. The molecule has 172 valence electrons. The number of fused-ring (bicyclic) bond motifs is 1. The van der Waals surface area contributed by atoms with Crippen LogP contribution in [0.1, 0.15) is 55.8 Å². The summed E-state index contributed by atoms with van der Waals surface area (Å²) >= 11 is 1.57. The van der Waals surface area contributed by atoms with Gasteiger partial charge in [-0.15, -0.1) is 10.2 Å². The maximum absolute atomic E-state index is 6.57. The Morgan fingerprint density at radius 3 is 1.79 bits per heavy atom. The van der Waals surface area contributed by atoms with E-state index in [-0.39, 0.29) is 0 Å². The van der Waals surface area contributed by atoms with Gasteiger partial charge in [0.05, 0.1) is 21.6 Å². The van der Waals surface area contributed by atoms with E-state index in [4.69, 9.17) is 15.8 Å². The van der Waals surface area contributed by atoms with E-state index in [1.807, 2.05) is 11.6 Å². The number of anilines is 1. The van der Waals surface area contributed by atoms with Gasteiger partial charge in [0.15, 0.2) is 11.5 Å². The fourth-order valence-corrected chi connectivity index (χ4v) is 5.49. The lowest BCUT2D eigenvalue weighted by Crippen LogP contribution is -2.09. The van der Waals surface area contributed by atoms with Crippen molar-refractivity contribution >= 4 is 38.2 Å². The van der Waals surface area contributed by atoms with Gasteiger partial charge in [0.1, 0.15) is 0 Å². The number of nitrogens with zero attached hydrogens (tertiary/aromatic N) is 5. The van der Waals surface area contributed by atoms with Crippen LogP contribution in [0, 0.1) is 69.2 Å². The third-order valence-electron chi connectivity index (χ3n) is 7.47. The topological polar surface area (TPSA) is 81.5 Å². The molecule has 7 heteroatoms. The van der Waals surface area contributed by atoms with Gasteiger partial charge in [-0.1, -0.05) is 11.3 Å². The molecule has 0 radical (unpaired) electrons. The third kappa shape index (κ3) is 3.46. The second-order valence-corrected chi connectivity index (χ2v) is 10.1. The lowest BCUT2D eigenvalue weighted by Gasteiger charge is -2.19. The van der Waals surface area contributed by atoms with Crippen molar-refractivity contribution in [3.63, 3.8) is 0 Å². The summed E-state index contributed by atoms with van der Waals surface area (Å²) in [6.07, 6.45) is 0. The monoisotopic (exact) mass is 460 g/mol. The maximum atomic E-state index is 6.57. The number of aromatic nitrogens is 3. The Hall–Kier alpha value is -3.06. The Kier molecular flexibility index (Phi) is 5.65. The number of nitrogen functional groups attached to an aromatic ring is 1. The molecule has 2 aromatic heterocycles. The second-order valence-electron chi connectivity index (χ2n) is 9.08. The summed E-state index contributed by atoms with van der Waals surface area (Å²) in [7, 11) is 0. The van der Waals surface area contributed by atoms with Crippen LogP contribution in [0.5, 0.6) is 0 Å². The third-order valence-corrected chi connectivity index (χ3v) is 8.53. The van der Waals surface area contributed by atoms with Crippen molar-refractivity contribution in [2.45, 2.75) is 69.2 Å². The molecule has 0 aliphatic carbocycles. The first-order chi connectivity index (χ1) is 15.5. The number of aryl methyl sites for hydroxylation is 3. The van der Waals surface area contributed by atoms with Gasteiger partial charge in [-0.05, 0) is 119 Å². The number of rotatable bonds is 3. The summed E-state index contributed by atoms with van der Waals surface area (Å²) in [5.41, 5.74) is 21.2. The molecule has 2 N–H and O–H groups in total. The highest BCUT2D eigenvalue weighted by Crippen LogP contribution is 2.38. The molecule has 0 fully saturated rings. The van der Waals surface area contributed by atoms with Crippen molar-refractivity contribution in [2.75, 3.05) is 5.73 Å². The fourth-order valence-electron chi connectivity index (χ4n) is 4.49. The zero-order valence-corrected chi connectivity index (χ0v) is 22.0. The van der Waals surface area contributed by atoms with Gasteiger partial charge in [-0.3, -0.25) is 0 Å². The molecule has 2 aromatic carbocycles. The van der Waals surface area contributed by atoms with E-state index >= 15 is 0 Å². The quantitative estimate of drug-likeness (QED) is 0.320. The standard InChI is InChI=1S/C26H32N6S/c1-11-13(3)17(7)23(18(8)14(11)4)32-25(27)22(20(10)31-32)29-30-26-28-21-16(6)12(2)15(5)19(9)24(21)33-26/h27H2,1-10H3/b30-29+. The molecular weight excluding hydrogens is 428 g/mol. The van der Waals surface area contributed by atoms with Crippen LogP contribution in [-0.4, -0.2) is 14.8 Å². The zero-order valence-electron chi connectivity index (χ0n) is 21.2. The highest BCUT2D eigenvalue weighted by atomic mass is 32.1. The number of thiazole rings is 1. The summed E-state index contributed by atoms with van der Waals surface area (Å²) in [4.78, 5) is 4.77. The van der Waals surface area contributed by atoms with Crippen LogP contribution in [0.2, 0.25) is 0 Å². The van der Waals surface area contributed by atoms with Crippen molar-refractivity contribution in [3.8, 4) is 5.69 Å². The molecule has 0 aliphatic heterocycles. The fraction of sp³-hybridized carbons (Fsp3) is 0.385. The Balaban J connectivity index is 1.82. The van der Waals surface area contributed by atoms with Crippen LogP contribution in [-0.2, 0) is 0 Å². The van der Waals surface area contributed by atoms with Crippen LogP contribution >= 0.6 is 11.3 Å². The molecule has 0 aliphatic rings. The molecule has 4 aromatic rings. The summed E-state index contributed by atoms with van der Waals surface area (Å²) in [6, 6.07) is 0. The number of hydrogen-bond donors (Lipinski definition) is 1. The van der Waals surface area contributed by atoms with E-state index in [9.17, 15) is 0 Å². The van der Waals surface area contributed by atoms with Crippen LogP contribution in [0.3, 0.4) is 0 Å². The van der Waals surface area contributed by atoms with Gasteiger partial charge < -0.3 is 5.73 Å². The SMILES string of the molecule is Cc1nn(-c2c(C)c(C)c(C)c(C)c2C)c(N)c1/N=N/c1nc2c(C)c(C)c(C)c(C)c2s1. The Bertz CT molecular complexity index is 1390. The molecule has 0 saturated heterocycles. The molecule has 0 unspecified atom stereocenters. The molecule has 0 bridgehead atoms. The molecule has 6 nitrogen and oxygen atoms in total. The summed E-state index contributed by atoms with van der Waals surface area (Å²) in [5, 5.41) is 14.4. The zero-order chi connectivity index (χ0) is 24.4. The normalized spacial score (nSPS) is 11.9. The predicted molar refractivity (Wildman–Crippen MR) is 139 cm³/mol. The van der Waals surface area contributed by atoms with Crippen LogP contribution in [0.4, 0.5) is 16.6 Å². The Morgan fingerprint density at radius 2 is 1.18 bits per heavy atom. The second kappa shape index (κ2) is 8.06. The van der Waals surface area contributed by atoms with Gasteiger partial charge in [0.2, 0.25) is 5.13 Å². The van der Waals surface area contributed by atoms with E-state index in [0.29, 0.717) is 16.6 Å². The maximum Gasteiger partial charge on any atom is 0.231 e. The highest BCUT2D eigenvalue weighted by Gasteiger charge is 2.20. The minimum Gasteiger partial charge on any atom is -0.382 e. The van der Waals surface area contributed by atoms with Crippen molar-refractivity contribution < 1.29 is 0 Å². The van der Waals surface area contributed by atoms with E-state index in [1.54, 1.807) is 11.3 Å².